The second-order valence-corrected chi connectivity index (χ2v) is 10.7. The quantitative estimate of drug-likeness (QED) is 0.374. The maximum Gasteiger partial charge on any atom is 1.00 e. The Hall–Kier alpha value is -1.21. The predicted molar refractivity (Wildman–Crippen MR) is 113 cm³/mol. The number of aliphatic carboxylic acids is 1. The number of halogens is 2. The Morgan fingerprint density at radius 3 is 2.59 bits per heavy atom. The maximum absolute atomic E-state index is 14.4. The first-order chi connectivity index (χ1) is 14.0. The van der Waals surface area contributed by atoms with E-state index in [4.69, 9.17) is 11.6 Å². The summed E-state index contributed by atoms with van der Waals surface area (Å²) in [4.78, 5) is 38.9. The number of thioether (sulfide) groups is 1. The number of carboxylic acid groups (broad SMARTS) is 1. The monoisotopic (exact) mass is 509 g/mol. The number of carbonyl (C=O) groups is 3. The van der Waals surface area contributed by atoms with Crippen molar-refractivity contribution in [2.45, 2.75) is 43.0 Å². The Kier molecular flexibility index (Phi) is 8.09. The van der Waals surface area contributed by atoms with Crippen molar-refractivity contribution in [2.24, 2.45) is 0 Å². The molecule has 0 saturated carbocycles. The number of benzene rings is 1. The number of hydrogen-bond donors (Lipinski definition) is 1. The van der Waals surface area contributed by atoms with Crippen molar-refractivity contribution >= 4 is 52.7 Å². The zero-order valence-electron chi connectivity index (χ0n) is 17.6. The Balaban J connectivity index is 0.00000181. The molecule has 4 rings (SSSR count). The topological polar surface area (TPSA) is 134 Å². The predicted octanol–water partition coefficient (Wildman–Crippen LogP) is -2.00. The molecule has 0 aliphatic carbocycles. The number of amides is 2. The summed E-state index contributed by atoms with van der Waals surface area (Å²) in [6.07, 6.45) is 0. The Bertz CT molecular complexity index is 1080. The van der Waals surface area contributed by atoms with E-state index in [1.807, 2.05) is 0 Å². The molecular weight excluding hydrogens is 492 g/mol. The van der Waals surface area contributed by atoms with Gasteiger partial charge >= 0.3 is 29.6 Å². The number of hydrogen-bond acceptors (Lipinski definition) is 7. The van der Waals surface area contributed by atoms with E-state index in [0.717, 1.165) is 11.5 Å². The molecule has 3 N–H and O–H groups in total. The molecule has 2 aliphatic rings. The Labute approximate surface area is 218 Å². The van der Waals surface area contributed by atoms with E-state index in [-0.39, 0.29) is 56.9 Å². The fraction of sp³-hybridized carbons (Fsp3) is 0.368. The van der Waals surface area contributed by atoms with Gasteiger partial charge in [-0.1, -0.05) is 17.7 Å². The van der Waals surface area contributed by atoms with E-state index in [1.54, 1.807) is 20.8 Å². The second kappa shape index (κ2) is 9.57. The number of aromatic nitrogens is 1. The van der Waals surface area contributed by atoms with Crippen molar-refractivity contribution in [1.29, 1.82) is 0 Å². The van der Waals surface area contributed by atoms with Crippen LogP contribution in [-0.4, -0.2) is 54.7 Å². The molecule has 2 saturated heterocycles. The summed E-state index contributed by atoms with van der Waals surface area (Å²) in [7, 11) is 0. The van der Waals surface area contributed by atoms with Gasteiger partial charge in [-0.15, -0.1) is 11.8 Å². The normalized spacial score (nSPS) is 22.8. The van der Waals surface area contributed by atoms with Crippen LogP contribution in [-0.2, 0) is 9.59 Å². The van der Waals surface area contributed by atoms with Gasteiger partial charge in [0, 0.05) is 9.62 Å². The summed E-state index contributed by atoms with van der Waals surface area (Å²) in [5.74, 6) is -3.03. The van der Waals surface area contributed by atoms with Crippen LogP contribution in [0.4, 0.5) is 4.39 Å². The summed E-state index contributed by atoms with van der Waals surface area (Å²) in [6.45, 7) is 5.10. The van der Waals surface area contributed by atoms with Crippen LogP contribution in [0.3, 0.4) is 0 Å². The molecule has 0 spiro atoms. The molecular formula is C19H18ClFN3NaO5S2. The minimum Gasteiger partial charge on any atom is -0.548 e. The average molecular weight is 510 g/mol. The Morgan fingerprint density at radius 1 is 1.34 bits per heavy atom. The van der Waals surface area contributed by atoms with E-state index in [1.165, 1.54) is 34.9 Å². The van der Waals surface area contributed by atoms with Crippen LogP contribution >= 0.6 is 34.9 Å². The first-order valence-corrected chi connectivity index (χ1v) is 11.0. The maximum atomic E-state index is 14.4. The summed E-state index contributed by atoms with van der Waals surface area (Å²) in [5, 5.41) is 13.8. The molecule has 3 atom stereocenters. The second-order valence-electron chi connectivity index (χ2n) is 7.59. The van der Waals surface area contributed by atoms with E-state index >= 15 is 0 Å². The molecule has 32 heavy (non-hydrogen) atoms. The molecule has 2 aromatic rings. The van der Waals surface area contributed by atoms with Crippen molar-refractivity contribution < 1.29 is 58.9 Å². The van der Waals surface area contributed by atoms with Crippen LogP contribution in [0.5, 0.6) is 0 Å². The average Bonchev–Trinajstić information content (AvgIpc) is 3.14. The molecule has 2 aliphatic heterocycles. The minimum absolute atomic E-state index is 0. The van der Waals surface area contributed by atoms with Crippen molar-refractivity contribution in [3.8, 4) is 11.3 Å². The SMILES string of the molecule is Cc1snc(-c2c(F)cccc2Cl)c1C(=O)N[C@@H]1C(=O)N2[C@@H]1SC(C)(C)[C@@H]2C(=O)[O-].O.[Na+]. The molecule has 1 aromatic carbocycles. The van der Waals surface area contributed by atoms with Crippen molar-refractivity contribution in [3.05, 3.63) is 39.5 Å². The number of carboxylic acids is 1. The van der Waals surface area contributed by atoms with E-state index in [9.17, 15) is 23.9 Å². The molecule has 2 amide bonds. The summed E-state index contributed by atoms with van der Waals surface area (Å²) >= 11 is 8.45. The number of aryl methyl sites for hydroxylation is 1. The third kappa shape index (κ3) is 4.20. The zero-order chi connectivity index (χ0) is 22.0. The van der Waals surface area contributed by atoms with Gasteiger partial charge in [-0.05, 0) is 44.4 Å². The number of fused-ring (bicyclic) bond motifs is 1. The van der Waals surface area contributed by atoms with Crippen LogP contribution < -0.4 is 40.0 Å². The van der Waals surface area contributed by atoms with Crippen molar-refractivity contribution in [3.63, 3.8) is 0 Å². The first-order valence-electron chi connectivity index (χ1n) is 8.97. The number of nitrogens with one attached hydrogen (secondary N) is 1. The van der Waals surface area contributed by atoms with Crippen molar-refractivity contribution in [2.75, 3.05) is 0 Å². The zero-order valence-corrected chi connectivity index (χ0v) is 22.0. The van der Waals surface area contributed by atoms with Gasteiger partial charge in [0.2, 0.25) is 5.91 Å². The third-order valence-electron chi connectivity index (χ3n) is 5.24. The number of carbonyl (C=O) groups excluding carboxylic acids is 3. The van der Waals surface area contributed by atoms with Crippen LogP contribution in [0.25, 0.3) is 11.3 Å². The van der Waals surface area contributed by atoms with Gasteiger partial charge in [-0.2, -0.15) is 4.37 Å². The molecule has 166 valence electrons. The summed E-state index contributed by atoms with van der Waals surface area (Å²) < 4.78 is 17.8. The van der Waals surface area contributed by atoms with Gasteiger partial charge in [0.25, 0.3) is 5.91 Å². The molecule has 0 unspecified atom stereocenters. The molecule has 8 nitrogen and oxygen atoms in total. The van der Waals surface area contributed by atoms with Crippen LogP contribution in [0.2, 0.25) is 5.02 Å². The van der Waals surface area contributed by atoms with E-state index in [2.05, 4.69) is 9.69 Å². The van der Waals surface area contributed by atoms with Gasteiger partial charge in [0.1, 0.15) is 22.9 Å². The van der Waals surface area contributed by atoms with Crippen LogP contribution in [0, 0.1) is 12.7 Å². The minimum atomic E-state index is -1.33. The summed E-state index contributed by atoms with van der Waals surface area (Å²) in [6, 6.07) is 2.21. The Morgan fingerprint density at radius 2 is 2.00 bits per heavy atom. The molecule has 2 fully saturated rings. The largest absolute Gasteiger partial charge is 1.00 e. The number of β-lactam (4-membered cyclic amide) rings is 1. The molecule has 3 heterocycles. The van der Waals surface area contributed by atoms with Gasteiger partial charge in [-0.25, -0.2) is 4.39 Å². The van der Waals surface area contributed by atoms with Gasteiger partial charge in [0.05, 0.1) is 28.2 Å². The number of rotatable bonds is 4. The standard InChI is InChI=1S/C19H17ClFN3O4S2.Na.H2O/c1-7-10(12(23-30-7)11-8(20)5-4-6-9(11)21)15(25)22-13-16(26)24-14(18(27)28)19(2,3)29-17(13)24;;/h4-6,13-14,17H,1-3H3,(H,22,25)(H,27,28);;1H2/q;+1;/p-1/t13-,14+,17-;;/m1../s1. The smallest absolute Gasteiger partial charge is 0.548 e. The molecule has 13 heteroatoms. The molecule has 0 bridgehead atoms. The van der Waals surface area contributed by atoms with Crippen molar-refractivity contribution in [1.82, 2.24) is 14.6 Å². The van der Waals surface area contributed by atoms with Gasteiger partial charge in [-0.3, -0.25) is 9.59 Å². The third-order valence-corrected chi connectivity index (χ3v) is 7.88. The molecule has 1 aromatic heterocycles. The number of nitrogens with zero attached hydrogens (tertiary/aromatic N) is 2. The van der Waals surface area contributed by atoms with Crippen LogP contribution in [0.1, 0.15) is 29.1 Å². The first kappa shape index (κ1) is 27.0. The fourth-order valence-electron chi connectivity index (χ4n) is 3.87. The summed E-state index contributed by atoms with van der Waals surface area (Å²) in [5.41, 5.74) is 0.259. The van der Waals surface area contributed by atoms with Gasteiger partial charge < -0.3 is 25.6 Å². The van der Waals surface area contributed by atoms with E-state index < -0.39 is 45.8 Å². The van der Waals surface area contributed by atoms with Gasteiger partial charge in [0.15, 0.2) is 0 Å². The van der Waals surface area contributed by atoms with E-state index in [0.29, 0.717) is 4.88 Å². The van der Waals surface area contributed by atoms with Crippen LogP contribution in [0.15, 0.2) is 18.2 Å². The fourth-order valence-corrected chi connectivity index (χ4v) is 6.44. The molecule has 0 radical (unpaired) electrons.